The van der Waals surface area contributed by atoms with Gasteiger partial charge < -0.3 is 28.8 Å². The van der Waals surface area contributed by atoms with Gasteiger partial charge in [0.2, 0.25) is 0 Å². The van der Waals surface area contributed by atoms with Crippen molar-refractivity contribution in [3.8, 4) is 0 Å². The predicted molar refractivity (Wildman–Crippen MR) is 167 cm³/mol. The Morgan fingerprint density at radius 2 is 1.85 bits per heavy atom. The zero-order chi connectivity index (χ0) is 34.6. The normalized spacial score (nSPS) is 33.9. The first kappa shape index (κ1) is 37.5. The third-order valence-electron chi connectivity index (χ3n) is 10.7. The molecule has 0 aromatic rings. The number of halogens is 1. The Labute approximate surface area is 276 Å². The minimum atomic E-state index is -1.73. The van der Waals surface area contributed by atoms with Gasteiger partial charge in [-0.2, -0.15) is 0 Å². The number of carbonyl (C=O) groups excluding carboxylic acids is 5. The van der Waals surface area contributed by atoms with Crippen molar-refractivity contribution in [1.82, 2.24) is 0 Å². The van der Waals surface area contributed by atoms with Crippen molar-refractivity contribution in [2.24, 2.45) is 28.6 Å². The van der Waals surface area contributed by atoms with E-state index in [4.69, 9.17) is 35.3 Å². The molecule has 0 unspecified atom stereocenters. The molecule has 2 fully saturated rings. The van der Waals surface area contributed by atoms with Crippen LogP contribution in [0.15, 0.2) is 23.3 Å². The first-order valence-corrected chi connectivity index (χ1v) is 16.5. The molecule has 258 valence electrons. The molecule has 0 radical (unpaired) electrons. The highest BCUT2D eigenvalue weighted by Gasteiger charge is 2.73. The van der Waals surface area contributed by atoms with Crippen molar-refractivity contribution in [2.75, 3.05) is 19.1 Å². The average Bonchev–Trinajstić information content (AvgIpc) is 3.44. The van der Waals surface area contributed by atoms with Crippen LogP contribution in [0.4, 0.5) is 0 Å². The van der Waals surface area contributed by atoms with Gasteiger partial charge >= 0.3 is 29.8 Å². The Balaban J connectivity index is 2.31. The summed E-state index contributed by atoms with van der Waals surface area (Å²) in [5, 5.41) is 12.5. The maximum absolute atomic E-state index is 13.3. The lowest BCUT2D eigenvalue weighted by molar-refractivity contribution is -0.293. The van der Waals surface area contributed by atoms with Crippen LogP contribution in [-0.2, 0) is 47.7 Å². The van der Waals surface area contributed by atoms with E-state index in [-0.39, 0.29) is 50.7 Å². The minimum absolute atomic E-state index is 0.0588. The number of fused-ring (bicyclic) bond motifs is 1. The van der Waals surface area contributed by atoms with Crippen LogP contribution in [0, 0.1) is 28.6 Å². The van der Waals surface area contributed by atoms with E-state index in [0.29, 0.717) is 17.6 Å². The number of alkyl halides is 1. The Morgan fingerprint density at radius 1 is 1.17 bits per heavy atom. The van der Waals surface area contributed by atoms with Gasteiger partial charge in [-0.3, -0.25) is 14.4 Å². The van der Waals surface area contributed by atoms with Crippen LogP contribution in [0.3, 0.4) is 0 Å². The largest absolute Gasteiger partial charge is 0.465 e. The molecule has 0 spiro atoms. The zero-order valence-electron chi connectivity index (χ0n) is 28.2. The third kappa shape index (κ3) is 7.30. The van der Waals surface area contributed by atoms with Gasteiger partial charge in [-0.1, -0.05) is 33.8 Å². The molecule has 3 rings (SSSR count). The molecule has 1 heterocycles. The molecule has 9 atom stereocenters. The number of allylic oxidation sites excluding steroid dienone is 1. The summed E-state index contributed by atoms with van der Waals surface area (Å²) in [5.74, 6) is -4.62. The lowest BCUT2D eigenvalue weighted by Crippen LogP contribution is -2.74. The highest BCUT2D eigenvalue weighted by molar-refractivity contribution is 6.18. The lowest BCUT2D eigenvalue weighted by Gasteiger charge is -2.67. The van der Waals surface area contributed by atoms with E-state index in [1.165, 1.54) is 19.9 Å². The number of ether oxygens (including phenoxy) is 5. The molecule has 0 aromatic heterocycles. The molecular formula is C34H49ClO11. The van der Waals surface area contributed by atoms with Crippen molar-refractivity contribution in [3.63, 3.8) is 0 Å². The van der Waals surface area contributed by atoms with Gasteiger partial charge in [-0.05, 0) is 57.3 Å². The van der Waals surface area contributed by atoms with Crippen molar-refractivity contribution >= 4 is 41.4 Å². The van der Waals surface area contributed by atoms with Crippen LogP contribution < -0.4 is 0 Å². The molecule has 3 aliphatic rings. The topological polar surface area (TPSA) is 152 Å². The molecule has 0 bridgehead atoms. The number of aliphatic hydroxyl groups is 1. The number of cyclic esters (lactones) is 1. The van der Waals surface area contributed by atoms with E-state index in [1.54, 1.807) is 26.8 Å². The molecule has 1 aliphatic heterocycles. The van der Waals surface area contributed by atoms with Crippen molar-refractivity contribution in [2.45, 2.75) is 111 Å². The summed E-state index contributed by atoms with van der Waals surface area (Å²) in [7, 11) is 0. The summed E-state index contributed by atoms with van der Waals surface area (Å²) >= 11 is 6.57. The monoisotopic (exact) mass is 668 g/mol. The van der Waals surface area contributed by atoms with Crippen LogP contribution in [0.25, 0.3) is 0 Å². The van der Waals surface area contributed by atoms with Crippen LogP contribution >= 0.6 is 11.6 Å². The van der Waals surface area contributed by atoms with Gasteiger partial charge in [0.1, 0.15) is 31.5 Å². The second-order valence-corrected chi connectivity index (χ2v) is 13.7. The maximum Gasteiger partial charge on any atom is 0.333 e. The molecule has 2 aliphatic carbocycles. The molecule has 46 heavy (non-hydrogen) atoms. The first-order valence-electron chi connectivity index (χ1n) is 16.0. The SMILES string of the molecule is C/C=C(\C)C(=O)O[C@@H]1CC[C@](O)(CCl)[C@]2(COC(C)=O)[C@@H](OC(C)=O)C[C@@H](C)[C@](C)(C[C@H](OC(=O)[C@H](C)CC)C3=CC(=O)OC3)[C@@H]12. The second-order valence-electron chi connectivity index (χ2n) is 13.4. The van der Waals surface area contributed by atoms with Crippen LogP contribution in [-0.4, -0.2) is 78.0 Å². The van der Waals surface area contributed by atoms with E-state index in [1.807, 2.05) is 20.8 Å². The lowest BCUT2D eigenvalue weighted by atomic mass is 9.41. The summed E-state index contributed by atoms with van der Waals surface area (Å²) in [5.41, 5.74) is -3.37. The standard InChI is InChI=1S/C34H49ClO11/c1-9-19(3)30(39)45-25-11-12-33(41,17-35)34(18-43-22(6)36)27(44-23(7)37)13-21(5)32(8,29(25)34)15-26(24-14-28(38)42-16-24)46-31(40)20(4)10-2/h9,14,20-21,25-27,29,41H,10-13,15-18H2,1-8H3/b19-9+/t20-,21-,25-,26+,27+,29-,32+,33+,34-/m1/s1. The quantitative estimate of drug-likeness (QED) is 0.134. The number of hydrogen-bond acceptors (Lipinski definition) is 11. The molecular weight excluding hydrogens is 620 g/mol. The zero-order valence-corrected chi connectivity index (χ0v) is 28.9. The fraction of sp³-hybridized carbons (Fsp3) is 0.735. The Hall–Kier alpha value is -2.92. The van der Waals surface area contributed by atoms with E-state index < -0.39 is 76.4 Å². The third-order valence-corrected chi connectivity index (χ3v) is 11.1. The fourth-order valence-corrected chi connectivity index (χ4v) is 7.94. The number of hydrogen-bond donors (Lipinski definition) is 1. The summed E-state index contributed by atoms with van der Waals surface area (Å²) in [6.45, 7) is 12.9. The Kier molecular flexibility index (Phi) is 12.1. The molecule has 11 nitrogen and oxygen atoms in total. The summed E-state index contributed by atoms with van der Waals surface area (Å²) < 4.78 is 29.1. The van der Waals surface area contributed by atoms with Crippen molar-refractivity contribution in [1.29, 1.82) is 0 Å². The van der Waals surface area contributed by atoms with Crippen LogP contribution in [0.5, 0.6) is 0 Å². The highest BCUT2D eigenvalue weighted by atomic mass is 35.5. The van der Waals surface area contributed by atoms with E-state index in [9.17, 15) is 29.1 Å². The molecule has 0 amide bonds. The van der Waals surface area contributed by atoms with Gasteiger partial charge in [-0.25, -0.2) is 9.59 Å². The van der Waals surface area contributed by atoms with Gasteiger partial charge in [0.05, 0.1) is 22.8 Å². The van der Waals surface area contributed by atoms with Gasteiger partial charge in [0, 0.05) is 37.0 Å². The summed E-state index contributed by atoms with van der Waals surface area (Å²) in [4.78, 5) is 63.6. The summed E-state index contributed by atoms with van der Waals surface area (Å²) in [6, 6.07) is 0. The van der Waals surface area contributed by atoms with E-state index >= 15 is 0 Å². The van der Waals surface area contributed by atoms with E-state index in [2.05, 4.69) is 0 Å². The van der Waals surface area contributed by atoms with Crippen molar-refractivity contribution in [3.05, 3.63) is 23.3 Å². The summed E-state index contributed by atoms with van der Waals surface area (Å²) in [6.07, 6.45) is 1.37. The maximum atomic E-state index is 13.3. The molecule has 2 saturated carbocycles. The van der Waals surface area contributed by atoms with Crippen LogP contribution in [0.2, 0.25) is 0 Å². The second kappa shape index (κ2) is 14.9. The first-order chi connectivity index (χ1) is 21.5. The van der Waals surface area contributed by atoms with Gasteiger partial charge in [-0.15, -0.1) is 11.6 Å². The number of esters is 5. The molecule has 0 aromatic carbocycles. The average molecular weight is 669 g/mol. The molecule has 1 N–H and O–H groups in total. The van der Waals surface area contributed by atoms with Crippen LogP contribution in [0.1, 0.15) is 87.5 Å². The highest BCUT2D eigenvalue weighted by Crippen LogP contribution is 2.66. The van der Waals surface area contributed by atoms with Gasteiger partial charge in [0.15, 0.2) is 0 Å². The smallest absolute Gasteiger partial charge is 0.333 e. The molecule has 0 saturated heterocycles. The number of rotatable bonds is 12. The van der Waals surface area contributed by atoms with E-state index in [0.717, 1.165) is 0 Å². The fourth-order valence-electron chi connectivity index (χ4n) is 7.55. The molecule has 12 heteroatoms. The van der Waals surface area contributed by atoms with Gasteiger partial charge in [0.25, 0.3) is 0 Å². The minimum Gasteiger partial charge on any atom is -0.465 e. The predicted octanol–water partition coefficient (Wildman–Crippen LogP) is 4.60. The Bertz CT molecular complexity index is 1260. The van der Waals surface area contributed by atoms with Crippen molar-refractivity contribution < 1.29 is 52.8 Å². The Morgan fingerprint density at radius 3 is 2.37 bits per heavy atom. The number of carbonyl (C=O) groups is 5.